The van der Waals surface area contributed by atoms with Crippen LogP contribution in [0.3, 0.4) is 0 Å². The second-order valence-corrected chi connectivity index (χ2v) is 6.07. The molecule has 3 rings (SSSR count). The second kappa shape index (κ2) is 3.56. The fourth-order valence-corrected chi connectivity index (χ4v) is 3.16. The van der Waals surface area contributed by atoms with Gasteiger partial charge >= 0.3 is 0 Å². The standard InChI is InChI=1S/C14H13N3S/c1-9-7-17-11-5-4-10(14(2,3)8-15)6-12(11)18-13(17)16-9/h4-7H,1-3H3. The van der Waals surface area contributed by atoms with Gasteiger partial charge in [0.05, 0.1) is 27.4 Å². The van der Waals surface area contributed by atoms with E-state index in [4.69, 9.17) is 0 Å². The highest BCUT2D eigenvalue weighted by Crippen LogP contribution is 2.31. The molecule has 3 nitrogen and oxygen atoms in total. The highest BCUT2D eigenvalue weighted by atomic mass is 32.1. The maximum atomic E-state index is 9.19. The van der Waals surface area contributed by atoms with Crippen LogP contribution in [0.2, 0.25) is 0 Å². The van der Waals surface area contributed by atoms with E-state index in [0.29, 0.717) is 0 Å². The van der Waals surface area contributed by atoms with Gasteiger partial charge in [0.2, 0.25) is 0 Å². The number of nitriles is 1. The molecule has 0 saturated carbocycles. The molecule has 4 heteroatoms. The Kier molecular flexibility index (Phi) is 2.23. The van der Waals surface area contributed by atoms with Crippen molar-refractivity contribution in [3.05, 3.63) is 35.7 Å². The zero-order valence-corrected chi connectivity index (χ0v) is 11.4. The van der Waals surface area contributed by atoms with Crippen LogP contribution in [0.5, 0.6) is 0 Å². The third kappa shape index (κ3) is 1.52. The van der Waals surface area contributed by atoms with Gasteiger partial charge in [-0.1, -0.05) is 17.4 Å². The van der Waals surface area contributed by atoms with E-state index in [0.717, 1.165) is 21.7 Å². The summed E-state index contributed by atoms with van der Waals surface area (Å²) in [5, 5.41) is 9.19. The average molecular weight is 255 g/mol. The average Bonchev–Trinajstić information content (AvgIpc) is 2.84. The van der Waals surface area contributed by atoms with Crippen molar-refractivity contribution in [3.8, 4) is 6.07 Å². The fourth-order valence-electron chi connectivity index (χ4n) is 2.07. The summed E-state index contributed by atoms with van der Waals surface area (Å²) in [6, 6.07) is 8.56. The van der Waals surface area contributed by atoms with Gasteiger partial charge in [-0.25, -0.2) is 4.98 Å². The summed E-state index contributed by atoms with van der Waals surface area (Å²) in [5.41, 5.74) is 2.80. The van der Waals surface area contributed by atoms with Crippen molar-refractivity contribution in [2.75, 3.05) is 0 Å². The number of fused-ring (bicyclic) bond motifs is 3. The van der Waals surface area contributed by atoms with Crippen molar-refractivity contribution in [2.45, 2.75) is 26.2 Å². The Labute approximate surface area is 109 Å². The number of hydrogen-bond acceptors (Lipinski definition) is 3. The van der Waals surface area contributed by atoms with Gasteiger partial charge in [0.1, 0.15) is 0 Å². The first-order valence-corrected chi connectivity index (χ1v) is 6.63. The summed E-state index contributed by atoms with van der Waals surface area (Å²) < 4.78 is 3.29. The minimum atomic E-state index is -0.448. The van der Waals surface area contributed by atoms with Gasteiger partial charge in [-0.2, -0.15) is 5.26 Å². The van der Waals surface area contributed by atoms with E-state index in [9.17, 15) is 5.26 Å². The highest BCUT2D eigenvalue weighted by Gasteiger charge is 2.20. The molecule has 0 N–H and O–H groups in total. The van der Waals surface area contributed by atoms with E-state index in [1.54, 1.807) is 11.3 Å². The second-order valence-electron chi connectivity index (χ2n) is 5.06. The molecule has 0 unspecified atom stereocenters. The Morgan fingerprint density at radius 3 is 2.89 bits per heavy atom. The topological polar surface area (TPSA) is 41.1 Å². The van der Waals surface area contributed by atoms with Gasteiger partial charge in [-0.05, 0) is 38.5 Å². The highest BCUT2D eigenvalue weighted by molar-refractivity contribution is 7.23. The van der Waals surface area contributed by atoms with Gasteiger partial charge in [0.15, 0.2) is 4.96 Å². The molecule has 0 amide bonds. The molecule has 0 bridgehead atoms. The number of nitrogens with zero attached hydrogens (tertiary/aromatic N) is 3. The van der Waals surface area contributed by atoms with E-state index in [1.807, 2.05) is 33.0 Å². The van der Waals surface area contributed by atoms with Crippen LogP contribution >= 0.6 is 11.3 Å². The lowest BCUT2D eigenvalue weighted by atomic mass is 9.86. The number of imidazole rings is 1. The van der Waals surface area contributed by atoms with Crippen LogP contribution in [-0.4, -0.2) is 9.38 Å². The molecule has 2 heterocycles. The molecule has 0 fully saturated rings. The van der Waals surface area contributed by atoms with Crippen LogP contribution in [0, 0.1) is 18.3 Å². The molecule has 0 spiro atoms. The van der Waals surface area contributed by atoms with E-state index < -0.39 is 5.41 Å². The van der Waals surface area contributed by atoms with Crippen LogP contribution in [0.25, 0.3) is 15.2 Å². The van der Waals surface area contributed by atoms with Gasteiger partial charge in [-0.15, -0.1) is 0 Å². The minimum absolute atomic E-state index is 0.448. The maximum Gasteiger partial charge on any atom is 0.194 e. The molecular weight excluding hydrogens is 242 g/mol. The van der Waals surface area contributed by atoms with Crippen molar-refractivity contribution in [2.24, 2.45) is 0 Å². The third-order valence-corrected chi connectivity index (χ3v) is 4.23. The molecule has 0 aliphatic heterocycles. The number of aryl methyl sites for hydroxylation is 1. The van der Waals surface area contributed by atoms with Gasteiger partial charge in [0.25, 0.3) is 0 Å². The Balaban J connectivity index is 2.28. The number of rotatable bonds is 1. The summed E-state index contributed by atoms with van der Waals surface area (Å²) in [7, 11) is 0. The van der Waals surface area contributed by atoms with Crippen molar-refractivity contribution in [3.63, 3.8) is 0 Å². The minimum Gasteiger partial charge on any atom is -0.290 e. The maximum absolute atomic E-state index is 9.19. The Morgan fingerprint density at radius 2 is 2.17 bits per heavy atom. The monoisotopic (exact) mass is 255 g/mol. The van der Waals surface area contributed by atoms with Crippen molar-refractivity contribution < 1.29 is 0 Å². The Morgan fingerprint density at radius 1 is 1.39 bits per heavy atom. The molecule has 1 aromatic carbocycles. The van der Waals surface area contributed by atoms with E-state index >= 15 is 0 Å². The van der Waals surface area contributed by atoms with E-state index in [2.05, 4.69) is 27.6 Å². The number of hydrogen-bond donors (Lipinski definition) is 0. The number of benzene rings is 1. The molecular formula is C14H13N3S. The van der Waals surface area contributed by atoms with Crippen LogP contribution in [0.1, 0.15) is 25.1 Å². The summed E-state index contributed by atoms with van der Waals surface area (Å²) in [6.07, 6.45) is 2.04. The summed E-state index contributed by atoms with van der Waals surface area (Å²) in [4.78, 5) is 5.49. The fraction of sp³-hybridized carbons (Fsp3) is 0.286. The SMILES string of the molecule is Cc1cn2c(n1)sc1cc(C(C)(C)C#N)ccc12. The lowest BCUT2D eigenvalue weighted by molar-refractivity contribution is 0.688. The van der Waals surface area contributed by atoms with Crippen LogP contribution in [0.4, 0.5) is 0 Å². The molecule has 90 valence electrons. The lowest BCUT2D eigenvalue weighted by Gasteiger charge is -2.15. The normalized spacial score (nSPS) is 12.1. The molecule has 0 radical (unpaired) electrons. The molecule has 0 atom stereocenters. The van der Waals surface area contributed by atoms with Crippen molar-refractivity contribution in [1.29, 1.82) is 5.26 Å². The predicted molar refractivity (Wildman–Crippen MR) is 74.0 cm³/mol. The molecule has 0 aliphatic rings. The number of thiazole rings is 1. The summed E-state index contributed by atoms with van der Waals surface area (Å²) in [5.74, 6) is 0. The van der Waals surface area contributed by atoms with E-state index in [1.165, 1.54) is 4.70 Å². The molecule has 3 aromatic rings. The summed E-state index contributed by atoms with van der Waals surface area (Å²) >= 11 is 1.67. The Hall–Kier alpha value is -1.86. The quantitative estimate of drug-likeness (QED) is 0.666. The number of aromatic nitrogens is 2. The smallest absolute Gasteiger partial charge is 0.194 e. The molecule has 0 saturated heterocycles. The van der Waals surface area contributed by atoms with Crippen molar-refractivity contribution >= 4 is 26.5 Å². The summed E-state index contributed by atoms with van der Waals surface area (Å²) in [6.45, 7) is 5.88. The first kappa shape index (κ1) is 11.2. The van der Waals surface area contributed by atoms with Crippen LogP contribution in [0.15, 0.2) is 24.4 Å². The van der Waals surface area contributed by atoms with Gasteiger partial charge < -0.3 is 0 Å². The first-order chi connectivity index (χ1) is 8.51. The molecule has 18 heavy (non-hydrogen) atoms. The van der Waals surface area contributed by atoms with E-state index in [-0.39, 0.29) is 0 Å². The lowest BCUT2D eigenvalue weighted by Crippen LogP contribution is -2.13. The zero-order valence-electron chi connectivity index (χ0n) is 10.6. The Bertz CT molecular complexity index is 786. The van der Waals surface area contributed by atoms with Crippen LogP contribution in [-0.2, 0) is 5.41 Å². The molecule has 2 aromatic heterocycles. The van der Waals surface area contributed by atoms with Crippen LogP contribution < -0.4 is 0 Å². The third-order valence-electron chi connectivity index (χ3n) is 3.22. The molecule has 0 aliphatic carbocycles. The zero-order chi connectivity index (χ0) is 12.9. The largest absolute Gasteiger partial charge is 0.290 e. The van der Waals surface area contributed by atoms with Crippen molar-refractivity contribution in [1.82, 2.24) is 9.38 Å². The first-order valence-electron chi connectivity index (χ1n) is 5.81. The van der Waals surface area contributed by atoms with Gasteiger partial charge in [-0.3, -0.25) is 4.40 Å². The predicted octanol–water partition coefficient (Wildman–Crippen LogP) is 3.66. The van der Waals surface area contributed by atoms with Gasteiger partial charge in [0, 0.05) is 6.20 Å².